The molecule has 2 heterocycles. The Morgan fingerprint density at radius 2 is 1.85 bits per heavy atom. The number of anilines is 1. The SMILES string of the molecule is Cc1cc(C)n(-c2ccc(CN=C(N)Nc3ccc(C)c(C)c3)cn2)n1.I. The molecule has 7 heteroatoms. The van der Waals surface area contributed by atoms with E-state index in [1.165, 1.54) is 11.1 Å². The van der Waals surface area contributed by atoms with Gasteiger partial charge in [-0.3, -0.25) is 0 Å². The van der Waals surface area contributed by atoms with Gasteiger partial charge in [-0.15, -0.1) is 24.0 Å². The summed E-state index contributed by atoms with van der Waals surface area (Å²) in [5.41, 5.74) is 12.4. The van der Waals surface area contributed by atoms with Crippen LogP contribution in [0.5, 0.6) is 0 Å². The van der Waals surface area contributed by atoms with E-state index < -0.39 is 0 Å². The van der Waals surface area contributed by atoms with E-state index in [9.17, 15) is 0 Å². The maximum atomic E-state index is 5.99. The largest absolute Gasteiger partial charge is 0.370 e. The summed E-state index contributed by atoms with van der Waals surface area (Å²) in [4.78, 5) is 8.86. The first-order valence-corrected chi connectivity index (χ1v) is 8.55. The van der Waals surface area contributed by atoms with Gasteiger partial charge in [-0.05, 0) is 68.7 Å². The third-order valence-electron chi connectivity index (χ3n) is 4.25. The molecular formula is C20H25IN6. The molecule has 3 N–H and O–H groups in total. The lowest BCUT2D eigenvalue weighted by atomic mass is 10.1. The average Bonchev–Trinajstić information content (AvgIpc) is 2.95. The number of halogens is 1. The predicted molar refractivity (Wildman–Crippen MR) is 121 cm³/mol. The number of rotatable bonds is 4. The quantitative estimate of drug-likeness (QED) is 0.338. The summed E-state index contributed by atoms with van der Waals surface area (Å²) in [6.07, 6.45) is 1.80. The maximum Gasteiger partial charge on any atom is 0.193 e. The third kappa shape index (κ3) is 5.29. The summed E-state index contributed by atoms with van der Waals surface area (Å²) in [6, 6.07) is 12.1. The smallest absolute Gasteiger partial charge is 0.193 e. The number of hydrogen-bond donors (Lipinski definition) is 2. The minimum atomic E-state index is 0. The highest BCUT2D eigenvalue weighted by molar-refractivity contribution is 14.0. The highest BCUT2D eigenvalue weighted by atomic mass is 127. The molecule has 0 spiro atoms. The van der Waals surface area contributed by atoms with Crippen LogP contribution >= 0.6 is 24.0 Å². The van der Waals surface area contributed by atoms with Gasteiger partial charge in [0, 0.05) is 17.6 Å². The van der Waals surface area contributed by atoms with Crippen molar-refractivity contribution in [1.82, 2.24) is 14.8 Å². The molecule has 0 fully saturated rings. The van der Waals surface area contributed by atoms with Crippen LogP contribution in [0.2, 0.25) is 0 Å². The van der Waals surface area contributed by atoms with Gasteiger partial charge in [-0.2, -0.15) is 5.10 Å². The summed E-state index contributed by atoms with van der Waals surface area (Å²) in [5.74, 6) is 1.18. The van der Waals surface area contributed by atoms with Gasteiger partial charge in [0.1, 0.15) is 0 Å². The zero-order chi connectivity index (χ0) is 18.7. The van der Waals surface area contributed by atoms with E-state index in [-0.39, 0.29) is 24.0 Å². The van der Waals surface area contributed by atoms with E-state index in [0.717, 1.165) is 28.5 Å². The van der Waals surface area contributed by atoms with Gasteiger partial charge in [-0.1, -0.05) is 12.1 Å². The van der Waals surface area contributed by atoms with E-state index >= 15 is 0 Å². The van der Waals surface area contributed by atoms with Crippen molar-refractivity contribution in [2.75, 3.05) is 5.32 Å². The van der Waals surface area contributed by atoms with Gasteiger partial charge in [0.2, 0.25) is 0 Å². The Kier molecular flexibility index (Phi) is 6.95. The number of nitrogens with zero attached hydrogens (tertiary/aromatic N) is 4. The Morgan fingerprint density at radius 1 is 1.07 bits per heavy atom. The molecule has 0 saturated heterocycles. The molecule has 3 rings (SSSR count). The van der Waals surface area contributed by atoms with Gasteiger partial charge in [0.15, 0.2) is 11.8 Å². The first kappa shape index (κ1) is 20.9. The van der Waals surface area contributed by atoms with Crippen molar-refractivity contribution in [3.05, 3.63) is 70.7 Å². The number of aliphatic imine (C=N–C) groups is 1. The topological polar surface area (TPSA) is 81.1 Å². The molecule has 27 heavy (non-hydrogen) atoms. The number of hydrogen-bond acceptors (Lipinski definition) is 3. The number of aromatic nitrogens is 3. The van der Waals surface area contributed by atoms with Crippen LogP contribution in [0.1, 0.15) is 28.1 Å². The van der Waals surface area contributed by atoms with Crippen LogP contribution in [0.15, 0.2) is 47.6 Å². The monoisotopic (exact) mass is 476 g/mol. The molecule has 0 radical (unpaired) electrons. The standard InChI is InChI=1S/C20H24N6.HI/c1-13-5-7-18(9-14(13)2)24-20(21)23-12-17-6-8-19(22-11-17)26-16(4)10-15(3)25-26;/h5-11H,12H2,1-4H3,(H3,21,23,24);1H. The Morgan fingerprint density at radius 3 is 2.44 bits per heavy atom. The highest BCUT2D eigenvalue weighted by Gasteiger charge is 2.05. The lowest BCUT2D eigenvalue weighted by Crippen LogP contribution is -2.22. The molecule has 0 atom stereocenters. The summed E-state index contributed by atoms with van der Waals surface area (Å²) in [7, 11) is 0. The van der Waals surface area contributed by atoms with E-state index in [1.54, 1.807) is 6.20 Å². The first-order valence-electron chi connectivity index (χ1n) is 8.55. The summed E-state index contributed by atoms with van der Waals surface area (Å²) >= 11 is 0. The van der Waals surface area contributed by atoms with Gasteiger partial charge >= 0.3 is 0 Å². The fraction of sp³-hybridized carbons (Fsp3) is 0.250. The molecule has 0 amide bonds. The average molecular weight is 476 g/mol. The fourth-order valence-corrected chi connectivity index (χ4v) is 2.68. The second-order valence-corrected chi connectivity index (χ2v) is 6.49. The lowest BCUT2D eigenvalue weighted by Gasteiger charge is -2.08. The van der Waals surface area contributed by atoms with Gasteiger partial charge < -0.3 is 11.1 Å². The Labute approximate surface area is 176 Å². The van der Waals surface area contributed by atoms with E-state index in [2.05, 4.69) is 46.4 Å². The lowest BCUT2D eigenvalue weighted by molar-refractivity contribution is 0.803. The van der Waals surface area contributed by atoms with Crippen molar-refractivity contribution < 1.29 is 0 Å². The molecule has 6 nitrogen and oxygen atoms in total. The Hall–Kier alpha value is -2.42. The number of nitrogens with two attached hydrogens (primary N) is 1. The number of guanidine groups is 1. The minimum Gasteiger partial charge on any atom is -0.370 e. The van der Waals surface area contributed by atoms with Gasteiger partial charge in [0.05, 0.1) is 12.2 Å². The number of pyridine rings is 1. The second kappa shape index (κ2) is 8.98. The second-order valence-electron chi connectivity index (χ2n) is 6.49. The minimum absolute atomic E-state index is 0. The van der Waals surface area contributed by atoms with E-state index in [0.29, 0.717) is 12.5 Å². The fourth-order valence-electron chi connectivity index (χ4n) is 2.68. The molecule has 0 saturated carbocycles. The molecule has 142 valence electrons. The summed E-state index contributed by atoms with van der Waals surface area (Å²) in [5, 5.41) is 7.56. The van der Waals surface area contributed by atoms with Crippen LogP contribution in [-0.2, 0) is 6.54 Å². The van der Waals surface area contributed by atoms with Crippen LogP contribution in [0.3, 0.4) is 0 Å². The molecule has 0 aliphatic rings. The van der Waals surface area contributed by atoms with Gasteiger partial charge in [0.25, 0.3) is 0 Å². The van der Waals surface area contributed by atoms with Crippen molar-refractivity contribution in [1.29, 1.82) is 0 Å². The predicted octanol–water partition coefficient (Wildman–Crippen LogP) is 4.05. The Balaban J connectivity index is 0.00000261. The molecule has 0 bridgehead atoms. The molecular weight excluding hydrogens is 451 g/mol. The zero-order valence-electron chi connectivity index (χ0n) is 16.0. The number of nitrogens with one attached hydrogen (secondary N) is 1. The first-order chi connectivity index (χ1) is 12.4. The van der Waals surface area contributed by atoms with E-state index in [1.807, 2.05) is 42.8 Å². The van der Waals surface area contributed by atoms with Crippen molar-refractivity contribution in [2.24, 2.45) is 10.7 Å². The van der Waals surface area contributed by atoms with Crippen molar-refractivity contribution in [3.63, 3.8) is 0 Å². The van der Waals surface area contributed by atoms with E-state index in [4.69, 9.17) is 5.73 Å². The third-order valence-corrected chi connectivity index (χ3v) is 4.25. The number of aryl methyl sites for hydroxylation is 4. The maximum absolute atomic E-state index is 5.99. The Bertz CT molecular complexity index is 944. The normalized spacial score (nSPS) is 11.2. The molecule has 1 aromatic carbocycles. The molecule has 0 aliphatic heterocycles. The summed E-state index contributed by atoms with van der Waals surface area (Å²) in [6.45, 7) is 8.61. The zero-order valence-corrected chi connectivity index (χ0v) is 18.4. The summed E-state index contributed by atoms with van der Waals surface area (Å²) < 4.78 is 1.83. The molecule has 0 unspecified atom stereocenters. The molecule has 3 aromatic rings. The van der Waals surface area contributed by atoms with Gasteiger partial charge in [-0.25, -0.2) is 14.7 Å². The molecule has 0 aliphatic carbocycles. The van der Waals surface area contributed by atoms with Crippen LogP contribution < -0.4 is 11.1 Å². The van der Waals surface area contributed by atoms with Crippen LogP contribution in [-0.4, -0.2) is 20.7 Å². The van der Waals surface area contributed by atoms with Crippen molar-refractivity contribution >= 4 is 35.6 Å². The number of benzene rings is 1. The van der Waals surface area contributed by atoms with Crippen molar-refractivity contribution in [3.8, 4) is 5.82 Å². The molecule has 2 aromatic heterocycles. The van der Waals surface area contributed by atoms with Crippen molar-refractivity contribution in [2.45, 2.75) is 34.2 Å². The van der Waals surface area contributed by atoms with Crippen LogP contribution in [0, 0.1) is 27.7 Å². The van der Waals surface area contributed by atoms with Crippen LogP contribution in [0.4, 0.5) is 5.69 Å². The highest BCUT2D eigenvalue weighted by Crippen LogP contribution is 2.14. The van der Waals surface area contributed by atoms with Crippen LogP contribution in [0.25, 0.3) is 5.82 Å².